The van der Waals surface area contributed by atoms with Gasteiger partial charge in [-0.15, -0.1) is 0 Å². The van der Waals surface area contributed by atoms with Gasteiger partial charge in [-0.05, 0) is 61.4 Å². The average Bonchev–Trinajstić information content (AvgIpc) is 2.73. The van der Waals surface area contributed by atoms with Crippen molar-refractivity contribution in [2.24, 2.45) is 11.7 Å². The summed E-state index contributed by atoms with van der Waals surface area (Å²) in [6.07, 6.45) is 0.403. The molecule has 0 aliphatic heterocycles. The molecule has 2 aromatic carbocycles. The Morgan fingerprint density at radius 2 is 1.83 bits per heavy atom. The average molecular weight is 428 g/mol. The molecule has 0 atom stereocenters. The largest absolute Gasteiger partial charge is 0.489 e. The Labute approximate surface area is 181 Å². The predicted octanol–water partition coefficient (Wildman–Crippen LogP) is 3.51. The first kappa shape index (κ1) is 23.2. The zero-order chi connectivity index (χ0) is 22.1. The molecule has 0 spiro atoms. The molecule has 0 radical (unpaired) electrons. The van der Waals surface area contributed by atoms with Crippen LogP contribution < -0.4 is 26.9 Å². The molecule has 1 aromatic heterocycles. The van der Waals surface area contributed by atoms with Crippen LogP contribution in [0.4, 0.5) is 5.69 Å². The first-order valence-electron chi connectivity index (χ1n) is 9.20. The quantitative estimate of drug-likeness (QED) is 0.183. The number of carbonyl (C=O) groups excluding carboxylic acids is 1. The van der Waals surface area contributed by atoms with Gasteiger partial charge >= 0.3 is 0 Å². The fourth-order valence-corrected chi connectivity index (χ4v) is 3.06. The van der Waals surface area contributed by atoms with Gasteiger partial charge < -0.3 is 9.75 Å². The molecule has 0 bridgehead atoms. The summed E-state index contributed by atoms with van der Waals surface area (Å²) in [5, 5.41) is 2.10. The van der Waals surface area contributed by atoms with E-state index in [0.29, 0.717) is 18.2 Å². The molecule has 3 rings (SSSR count). The Kier molecular flexibility index (Phi) is 8.61. The van der Waals surface area contributed by atoms with Crippen molar-refractivity contribution in [2.45, 2.75) is 20.5 Å². The van der Waals surface area contributed by atoms with Gasteiger partial charge in [0, 0.05) is 18.2 Å². The van der Waals surface area contributed by atoms with Gasteiger partial charge in [0.1, 0.15) is 17.5 Å². The van der Waals surface area contributed by atoms with Crippen LogP contribution in [0.15, 0.2) is 54.6 Å². The molecular weight excluding hydrogens is 402 g/mol. The van der Waals surface area contributed by atoms with Gasteiger partial charge in [-0.1, -0.05) is 29.8 Å². The van der Waals surface area contributed by atoms with Crippen LogP contribution in [-0.4, -0.2) is 18.4 Å². The minimum atomic E-state index is 0.403. The summed E-state index contributed by atoms with van der Waals surface area (Å²) >= 11 is 5.99. The Hall–Kier alpha value is -3.13. The number of hydrazine groups is 2. The van der Waals surface area contributed by atoms with E-state index in [9.17, 15) is 0 Å². The highest BCUT2D eigenvalue weighted by molar-refractivity contribution is 6.29. The lowest BCUT2D eigenvalue weighted by atomic mass is 10.1. The maximum atomic E-state index is 8.94. The van der Waals surface area contributed by atoms with E-state index in [4.69, 9.17) is 27.0 Å². The summed E-state index contributed by atoms with van der Waals surface area (Å²) in [4.78, 5) is 13.3. The van der Waals surface area contributed by atoms with Crippen molar-refractivity contribution < 1.29 is 9.53 Å². The molecule has 1 amide bonds. The predicted molar refractivity (Wildman–Crippen MR) is 121 cm³/mol. The van der Waals surface area contributed by atoms with E-state index in [-0.39, 0.29) is 0 Å². The number of hydrogen-bond acceptors (Lipinski definition) is 6. The summed E-state index contributed by atoms with van der Waals surface area (Å²) in [7, 11) is 1.83. The number of nitrogens with two attached hydrogens (primary N) is 2. The number of nitrogens with one attached hydrogen (secondary N) is 1. The lowest BCUT2D eigenvalue weighted by molar-refractivity contribution is -0.109. The number of pyridine rings is 1. The third kappa shape index (κ3) is 6.18. The number of aryl methyl sites for hydroxylation is 2. The number of benzene rings is 2. The van der Waals surface area contributed by atoms with Crippen LogP contribution in [-0.2, 0) is 11.4 Å². The first-order chi connectivity index (χ1) is 14.4. The Morgan fingerprint density at radius 3 is 2.43 bits per heavy atom. The van der Waals surface area contributed by atoms with Crippen molar-refractivity contribution in [3.8, 4) is 17.0 Å². The number of halogens is 1. The molecule has 0 fully saturated rings. The molecular formula is C22H26ClN5O2. The molecule has 0 unspecified atom stereocenters. The van der Waals surface area contributed by atoms with Crippen LogP contribution in [0.3, 0.4) is 0 Å². The Morgan fingerprint density at radius 1 is 1.13 bits per heavy atom. The van der Waals surface area contributed by atoms with Crippen LogP contribution in [0.2, 0.25) is 5.15 Å². The van der Waals surface area contributed by atoms with Gasteiger partial charge in [0.25, 0.3) is 0 Å². The zero-order valence-electron chi connectivity index (χ0n) is 17.2. The third-order valence-corrected chi connectivity index (χ3v) is 4.60. The lowest BCUT2D eigenvalue weighted by Crippen LogP contribution is -2.26. The normalized spacial score (nSPS) is 9.93. The second kappa shape index (κ2) is 11.2. The number of ether oxygens (including phenoxy) is 1. The van der Waals surface area contributed by atoms with Crippen molar-refractivity contribution in [3.05, 3.63) is 76.4 Å². The van der Waals surface area contributed by atoms with Gasteiger partial charge in [-0.25, -0.2) is 16.7 Å². The number of nitrogens with zero attached hydrogens (tertiary/aromatic N) is 2. The summed E-state index contributed by atoms with van der Waals surface area (Å²) in [5.74, 6) is 11.2. The van der Waals surface area contributed by atoms with E-state index in [1.165, 1.54) is 0 Å². The summed E-state index contributed by atoms with van der Waals surface area (Å²) < 4.78 is 6.08. The topological polar surface area (TPSA) is 106 Å². The Balaban J connectivity index is 0.000000735. The fraction of sp³-hybridized carbons (Fsp3) is 0.182. The van der Waals surface area contributed by atoms with Gasteiger partial charge in [0.2, 0.25) is 6.41 Å². The fourth-order valence-electron chi connectivity index (χ4n) is 2.89. The molecule has 7 nitrogen and oxygen atoms in total. The molecule has 8 heteroatoms. The molecule has 0 saturated carbocycles. The standard InChI is InChI=1S/C21H22ClN3O.CH4N2O/c1-14-6-4-8-19(25(3)23)17(14)13-26-20-11-10-16(12-15(20)2)18-7-5-9-21(22)24-18;2-3-1-4/h4-12H,13,23H2,1-3H3;1H,2H2,(H,3,4). The van der Waals surface area contributed by atoms with E-state index in [0.717, 1.165) is 39.4 Å². The highest BCUT2D eigenvalue weighted by atomic mass is 35.5. The van der Waals surface area contributed by atoms with Crippen molar-refractivity contribution in [1.82, 2.24) is 10.4 Å². The summed E-state index contributed by atoms with van der Waals surface area (Å²) in [5.41, 5.74) is 7.84. The van der Waals surface area contributed by atoms with Crippen LogP contribution in [0.5, 0.6) is 5.75 Å². The van der Waals surface area contributed by atoms with Crippen LogP contribution >= 0.6 is 11.6 Å². The van der Waals surface area contributed by atoms with Gasteiger partial charge in [0.15, 0.2) is 0 Å². The lowest BCUT2D eigenvalue weighted by Gasteiger charge is -2.19. The number of anilines is 1. The number of rotatable bonds is 6. The summed E-state index contributed by atoms with van der Waals surface area (Å²) in [6, 6.07) is 17.7. The molecule has 158 valence electrons. The van der Waals surface area contributed by atoms with Crippen LogP contribution in [0.25, 0.3) is 11.3 Å². The highest BCUT2D eigenvalue weighted by Gasteiger charge is 2.10. The van der Waals surface area contributed by atoms with E-state index in [1.807, 2.05) is 50.4 Å². The number of aromatic nitrogens is 1. The monoisotopic (exact) mass is 427 g/mol. The molecule has 0 saturated heterocycles. The highest BCUT2D eigenvalue weighted by Crippen LogP contribution is 2.28. The van der Waals surface area contributed by atoms with Crippen molar-refractivity contribution in [1.29, 1.82) is 0 Å². The minimum absolute atomic E-state index is 0.403. The minimum Gasteiger partial charge on any atom is -0.489 e. The van der Waals surface area contributed by atoms with E-state index in [2.05, 4.69) is 29.9 Å². The number of carbonyl (C=O) groups is 1. The van der Waals surface area contributed by atoms with Crippen LogP contribution in [0.1, 0.15) is 16.7 Å². The van der Waals surface area contributed by atoms with Gasteiger partial charge in [-0.2, -0.15) is 0 Å². The van der Waals surface area contributed by atoms with E-state index in [1.54, 1.807) is 16.5 Å². The SMILES string of the molecule is Cc1cc(-c2cccc(Cl)n2)ccc1OCc1c(C)cccc1N(C)N.NNC=O. The Bertz CT molecular complexity index is 995. The molecule has 1 heterocycles. The maximum Gasteiger partial charge on any atom is 0.221 e. The van der Waals surface area contributed by atoms with Crippen LogP contribution in [0, 0.1) is 13.8 Å². The van der Waals surface area contributed by atoms with Crippen molar-refractivity contribution >= 4 is 23.7 Å². The first-order valence-corrected chi connectivity index (χ1v) is 9.58. The second-order valence-corrected chi connectivity index (χ2v) is 6.97. The molecule has 0 aliphatic rings. The summed E-state index contributed by atoms with van der Waals surface area (Å²) in [6.45, 7) is 4.54. The molecule has 3 aromatic rings. The molecule has 0 aliphatic carbocycles. The van der Waals surface area contributed by atoms with E-state index < -0.39 is 0 Å². The van der Waals surface area contributed by atoms with Crippen molar-refractivity contribution in [3.63, 3.8) is 0 Å². The second-order valence-electron chi connectivity index (χ2n) is 6.58. The zero-order valence-corrected chi connectivity index (χ0v) is 18.0. The molecule has 30 heavy (non-hydrogen) atoms. The number of hydrogen-bond donors (Lipinski definition) is 3. The van der Waals surface area contributed by atoms with Crippen molar-refractivity contribution in [2.75, 3.05) is 12.1 Å². The smallest absolute Gasteiger partial charge is 0.221 e. The van der Waals surface area contributed by atoms with E-state index >= 15 is 0 Å². The maximum absolute atomic E-state index is 8.94. The third-order valence-electron chi connectivity index (χ3n) is 4.39. The molecule has 5 N–H and O–H groups in total. The number of amides is 1. The van der Waals surface area contributed by atoms with Gasteiger partial charge in [-0.3, -0.25) is 10.2 Å². The van der Waals surface area contributed by atoms with Gasteiger partial charge in [0.05, 0.1) is 11.4 Å².